The molecule has 1 unspecified atom stereocenters. The number of pyridine rings is 1. The van der Waals surface area contributed by atoms with Crippen molar-refractivity contribution in [3.63, 3.8) is 0 Å². The first-order valence-corrected chi connectivity index (χ1v) is 6.28. The van der Waals surface area contributed by atoms with E-state index in [1.807, 2.05) is 25.3 Å². The number of aliphatic hydroxyl groups excluding tert-OH is 1. The zero-order valence-corrected chi connectivity index (χ0v) is 10.3. The Labute approximate surface area is 102 Å². The van der Waals surface area contributed by atoms with Crippen LogP contribution in [0.1, 0.15) is 31.4 Å². The molecule has 1 saturated heterocycles. The average molecular weight is 235 g/mol. The van der Waals surface area contributed by atoms with Gasteiger partial charge in [0.25, 0.3) is 0 Å². The molecule has 1 aromatic heterocycles. The number of piperidine rings is 1. The first-order chi connectivity index (χ1) is 8.20. The minimum Gasteiger partial charge on any atom is -0.396 e. The van der Waals surface area contributed by atoms with E-state index < -0.39 is 0 Å². The molecule has 4 heteroatoms. The van der Waals surface area contributed by atoms with Crippen LogP contribution in [0.5, 0.6) is 0 Å². The summed E-state index contributed by atoms with van der Waals surface area (Å²) in [7, 11) is 0. The monoisotopic (exact) mass is 235 g/mol. The van der Waals surface area contributed by atoms with Crippen molar-refractivity contribution in [3.05, 3.63) is 23.9 Å². The summed E-state index contributed by atoms with van der Waals surface area (Å²) in [6.07, 6.45) is 4.09. The van der Waals surface area contributed by atoms with Gasteiger partial charge in [0.1, 0.15) is 5.82 Å². The fourth-order valence-electron chi connectivity index (χ4n) is 2.28. The van der Waals surface area contributed by atoms with Gasteiger partial charge in [0.05, 0.1) is 0 Å². The van der Waals surface area contributed by atoms with Crippen LogP contribution < -0.4 is 10.6 Å². The lowest BCUT2D eigenvalue weighted by Gasteiger charge is -2.32. The van der Waals surface area contributed by atoms with Crippen molar-refractivity contribution in [1.29, 1.82) is 0 Å². The molecule has 2 heterocycles. The smallest absolute Gasteiger partial charge is 0.128 e. The zero-order valence-electron chi connectivity index (χ0n) is 10.3. The van der Waals surface area contributed by atoms with Crippen LogP contribution in [0.2, 0.25) is 0 Å². The summed E-state index contributed by atoms with van der Waals surface area (Å²) >= 11 is 0. The lowest BCUT2D eigenvalue weighted by atomic mass is 9.99. The molecule has 1 aliphatic heterocycles. The van der Waals surface area contributed by atoms with Gasteiger partial charge in [-0.1, -0.05) is 6.07 Å². The molecule has 0 aromatic carbocycles. The van der Waals surface area contributed by atoms with Crippen molar-refractivity contribution in [2.45, 2.75) is 25.8 Å². The summed E-state index contributed by atoms with van der Waals surface area (Å²) in [6.45, 7) is 4.16. The maximum absolute atomic E-state index is 9.21. The number of nitrogens with two attached hydrogens (primary N) is 1. The SMILES string of the molecule is C[C@@H](N)c1ccc(N2CCCC(CO)C2)nc1. The molecule has 1 fully saturated rings. The molecular formula is C13H21N3O. The molecule has 0 aliphatic carbocycles. The van der Waals surface area contributed by atoms with Gasteiger partial charge < -0.3 is 15.7 Å². The van der Waals surface area contributed by atoms with Crippen LogP contribution >= 0.6 is 0 Å². The Balaban J connectivity index is 2.06. The van der Waals surface area contributed by atoms with E-state index in [9.17, 15) is 5.11 Å². The second kappa shape index (κ2) is 5.47. The van der Waals surface area contributed by atoms with Gasteiger partial charge >= 0.3 is 0 Å². The molecule has 1 aliphatic rings. The highest BCUT2D eigenvalue weighted by molar-refractivity contribution is 5.40. The summed E-state index contributed by atoms with van der Waals surface area (Å²) in [6, 6.07) is 4.09. The maximum Gasteiger partial charge on any atom is 0.128 e. The minimum absolute atomic E-state index is 0.0306. The van der Waals surface area contributed by atoms with Gasteiger partial charge in [0.2, 0.25) is 0 Å². The third-order valence-corrected chi connectivity index (χ3v) is 3.40. The van der Waals surface area contributed by atoms with Crippen molar-refractivity contribution in [3.8, 4) is 0 Å². The zero-order chi connectivity index (χ0) is 12.3. The Morgan fingerprint density at radius 2 is 2.41 bits per heavy atom. The maximum atomic E-state index is 9.21. The lowest BCUT2D eigenvalue weighted by molar-refractivity contribution is 0.208. The highest BCUT2D eigenvalue weighted by atomic mass is 16.3. The van der Waals surface area contributed by atoms with Gasteiger partial charge in [-0.05, 0) is 37.3 Å². The van der Waals surface area contributed by atoms with Gasteiger partial charge in [0, 0.05) is 31.9 Å². The Bertz CT molecular complexity index is 350. The Kier molecular flexibility index (Phi) is 3.97. The Hall–Kier alpha value is -1.13. The summed E-state index contributed by atoms with van der Waals surface area (Å²) in [5, 5.41) is 9.21. The summed E-state index contributed by atoms with van der Waals surface area (Å²) in [4.78, 5) is 6.70. The number of anilines is 1. The van der Waals surface area contributed by atoms with Crippen LogP contribution in [0, 0.1) is 5.92 Å². The highest BCUT2D eigenvalue weighted by Gasteiger charge is 2.20. The van der Waals surface area contributed by atoms with Crippen molar-refractivity contribution < 1.29 is 5.11 Å². The van der Waals surface area contributed by atoms with E-state index in [1.54, 1.807) is 0 Å². The molecular weight excluding hydrogens is 214 g/mol. The van der Waals surface area contributed by atoms with E-state index in [4.69, 9.17) is 5.73 Å². The first kappa shape index (κ1) is 12.3. The fraction of sp³-hybridized carbons (Fsp3) is 0.615. The molecule has 0 bridgehead atoms. The van der Waals surface area contributed by atoms with E-state index in [-0.39, 0.29) is 12.6 Å². The van der Waals surface area contributed by atoms with Crippen molar-refractivity contribution >= 4 is 5.82 Å². The largest absolute Gasteiger partial charge is 0.396 e. The van der Waals surface area contributed by atoms with Crippen LogP contribution in [0.4, 0.5) is 5.82 Å². The lowest BCUT2D eigenvalue weighted by Crippen LogP contribution is -2.37. The van der Waals surface area contributed by atoms with Gasteiger partial charge in [-0.15, -0.1) is 0 Å². The second-order valence-corrected chi connectivity index (χ2v) is 4.88. The number of nitrogens with zero attached hydrogens (tertiary/aromatic N) is 2. The van der Waals surface area contributed by atoms with Crippen molar-refractivity contribution in [2.75, 3.05) is 24.6 Å². The molecule has 1 aromatic rings. The Morgan fingerprint density at radius 1 is 1.59 bits per heavy atom. The molecule has 0 radical (unpaired) electrons. The Morgan fingerprint density at radius 3 is 3.00 bits per heavy atom. The number of aliphatic hydroxyl groups is 1. The molecule has 94 valence electrons. The van der Waals surface area contributed by atoms with Gasteiger partial charge in [-0.2, -0.15) is 0 Å². The topological polar surface area (TPSA) is 62.4 Å². The van der Waals surface area contributed by atoms with E-state index in [0.717, 1.165) is 37.3 Å². The van der Waals surface area contributed by atoms with Crippen LogP contribution in [-0.2, 0) is 0 Å². The van der Waals surface area contributed by atoms with Crippen molar-refractivity contribution in [1.82, 2.24) is 4.98 Å². The summed E-state index contributed by atoms with van der Waals surface area (Å²) in [5.41, 5.74) is 6.86. The number of rotatable bonds is 3. The average Bonchev–Trinajstić information content (AvgIpc) is 2.39. The van der Waals surface area contributed by atoms with Crippen LogP contribution in [0.3, 0.4) is 0 Å². The van der Waals surface area contributed by atoms with Crippen molar-refractivity contribution in [2.24, 2.45) is 11.7 Å². The first-order valence-electron chi connectivity index (χ1n) is 6.28. The van der Waals surface area contributed by atoms with Crippen LogP contribution in [0.25, 0.3) is 0 Å². The molecule has 0 amide bonds. The van der Waals surface area contributed by atoms with E-state index in [2.05, 4.69) is 9.88 Å². The van der Waals surface area contributed by atoms with Crippen LogP contribution in [0.15, 0.2) is 18.3 Å². The molecule has 3 N–H and O–H groups in total. The fourth-order valence-corrected chi connectivity index (χ4v) is 2.28. The molecule has 4 nitrogen and oxygen atoms in total. The molecule has 2 rings (SSSR count). The molecule has 2 atom stereocenters. The predicted octanol–water partition coefficient (Wildman–Crippen LogP) is 1.31. The van der Waals surface area contributed by atoms with E-state index in [1.165, 1.54) is 0 Å². The highest BCUT2D eigenvalue weighted by Crippen LogP contribution is 2.22. The van der Waals surface area contributed by atoms with Gasteiger partial charge in [-0.25, -0.2) is 4.98 Å². The quantitative estimate of drug-likeness (QED) is 0.829. The number of hydrogen-bond acceptors (Lipinski definition) is 4. The standard InChI is InChI=1S/C13H21N3O/c1-10(14)12-4-5-13(15-7-12)16-6-2-3-11(8-16)9-17/h4-5,7,10-11,17H,2-3,6,8-9,14H2,1H3/t10-,11?/m1/s1. The summed E-state index contributed by atoms with van der Waals surface area (Å²) < 4.78 is 0. The minimum atomic E-state index is 0.0306. The molecule has 0 spiro atoms. The van der Waals surface area contributed by atoms with Crippen LogP contribution in [-0.4, -0.2) is 29.8 Å². The normalized spacial score (nSPS) is 22.5. The predicted molar refractivity (Wildman–Crippen MR) is 68.9 cm³/mol. The number of hydrogen-bond donors (Lipinski definition) is 2. The van der Waals surface area contributed by atoms with E-state index >= 15 is 0 Å². The van der Waals surface area contributed by atoms with Gasteiger partial charge in [0.15, 0.2) is 0 Å². The third-order valence-electron chi connectivity index (χ3n) is 3.40. The number of aromatic nitrogens is 1. The van der Waals surface area contributed by atoms with Gasteiger partial charge in [-0.3, -0.25) is 0 Å². The second-order valence-electron chi connectivity index (χ2n) is 4.88. The van der Waals surface area contributed by atoms with E-state index in [0.29, 0.717) is 5.92 Å². The summed E-state index contributed by atoms with van der Waals surface area (Å²) in [5.74, 6) is 1.38. The third kappa shape index (κ3) is 2.96. The molecule has 17 heavy (non-hydrogen) atoms. The molecule has 0 saturated carbocycles.